The van der Waals surface area contributed by atoms with Crippen LogP contribution in [0.2, 0.25) is 0 Å². The van der Waals surface area contributed by atoms with Gasteiger partial charge in [-0.2, -0.15) is 0 Å². The van der Waals surface area contributed by atoms with Crippen LogP contribution in [0.15, 0.2) is 52.4 Å². The van der Waals surface area contributed by atoms with Gasteiger partial charge in [-0.15, -0.1) is 0 Å². The van der Waals surface area contributed by atoms with E-state index >= 15 is 0 Å². The lowest BCUT2D eigenvalue weighted by molar-refractivity contribution is -0.121. The highest BCUT2D eigenvalue weighted by atomic mass is 32.2. The van der Waals surface area contributed by atoms with Gasteiger partial charge < -0.3 is 14.8 Å². The number of hydrogen-bond acceptors (Lipinski definition) is 6. The van der Waals surface area contributed by atoms with E-state index in [4.69, 9.17) is 9.47 Å². The summed E-state index contributed by atoms with van der Waals surface area (Å²) in [4.78, 5) is 16.6. The number of ether oxygens (including phenoxy) is 2. The molecular weight excluding hydrogens is 382 g/mol. The molecule has 0 aromatic heterocycles. The molecule has 3 rings (SSSR count). The molecule has 2 aromatic carbocycles. The number of rotatable bonds is 7. The van der Waals surface area contributed by atoms with E-state index < -0.39 is 10.0 Å². The second-order valence-electron chi connectivity index (χ2n) is 6.04. The summed E-state index contributed by atoms with van der Waals surface area (Å²) < 4.78 is 37.0. The minimum Gasteiger partial charge on any atom is -0.497 e. The van der Waals surface area contributed by atoms with Crippen molar-refractivity contribution in [2.24, 2.45) is 4.99 Å². The first-order valence-corrected chi connectivity index (χ1v) is 10.1. The van der Waals surface area contributed by atoms with Crippen molar-refractivity contribution in [1.82, 2.24) is 10.0 Å². The van der Waals surface area contributed by atoms with Crippen molar-refractivity contribution >= 4 is 21.8 Å². The number of carbonyl (C=O) groups is 1. The molecule has 0 saturated carbocycles. The van der Waals surface area contributed by atoms with Crippen LogP contribution >= 0.6 is 0 Å². The third-order valence-electron chi connectivity index (χ3n) is 4.24. The van der Waals surface area contributed by atoms with Crippen LogP contribution in [-0.2, 0) is 21.4 Å². The highest BCUT2D eigenvalue weighted by molar-refractivity contribution is 7.90. The zero-order valence-electron chi connectivity index (χ0n) is 15.6. The van der Waals surface area contributed by atoms with Gasteiger partial charge in [0.15, 0.2) is 0 Å². The highest BCUT2D eigenvalue weighted by Crippen LogP contribution is 2.24. The summed E-state index contributed by atoms with van der Waals surface area (Å²) in [5.74, 6) is 1.38. The van der Waals surface area contributed by atoms with Gasteiger partial charge in [0.1, 0.15) is 17.3 Å². The van der Waals surface area contributed by atoms with Crippen molar-refractivity contribution < 1.29 is 22.7 Å². The van der Waals surface area contributed by atoms with E-state index in [1.807, 2.05) is 0 Å². The first-order chi connectivity index (χ1) is 13.4. The lowest BCUT2D eigenvalue weighted by atomic mass is 10.2. The highest BCUT2D eigenvalue weighted by Gasteiger charge is 2.29. The molecule has 0 spiro atoms. The van der Waals surface area contributed by atoms with Gasteiger partial charge in [-0.1, -0.05) is 12.1 Å². The molecule has 0 unspecified atom stereocenters. The number of aliphatic imine (C=N–C) groups is 1. The second-order valence-corrected chi connectivity index (χ2v) is 7.69. The Hall–Kier alpha value is -3.07. The van der Waals surface area contributed by atoms with Gasteiger partial charge in [-0.3, -0.25) is 14.5 Å². The first-order valence-electron chi connectivity index (χ1n) is 8.59. The summed E-state index contributed by atoms with van der Waals surface area (Å²) in [6.45, 7) is 0.443. The van der Waals surface area contributed by atoms with Crippen molar-refractivity contribution in [3.63, 3.8) is 0 Å². The van der Waals surface area contributed by atoms with Crippen molar-refractivity contribution in [3.05, 3.63) is 53.6 Å². The number of fused-ring (bicyclic) bond motifs is 1. The molecular formula is C19H21N3O5S. The van der Waals surface area contributed by atoms with E-state index in [2.05, 4.69) is 15.0 Å². The van der Waals surface area contributed by atoms with Crippen LogP contribution < -0.4 is 19.5 Å². The third kappa shape index (κ3) is 4.25. The van der Waals surface area contributed by atoms with Crippen LogP contribution in [0.5, 0.6) is 11.5 Å². The molecule has 1 amide bonds. The Bertz CT molecular complexity index is 1020. The number of nitrogens with zero attached hydrogens (tertiary/aromatic N) is 1. The molecule has 1 heterocycles. The van der Waals surface area contributed by atoms with Crippen LogP contribution in [0.25, 0.3) is 0 Å². The molecule has 9 heteroatoms. The number of nitrogens with one attached hydrogen (secondary N) is 2. The van der Waals surface area contributed by atoms with Crippen molar-refractivity contribution in [1.29, 1.82) is 0 Å². The summed E-state index contributed by atoms with van der Waals surface area (Å²) in [7, 11) is -0.446. The molecule has 0 fully saturated rings. The second kappa shape index (κ2) is 8.30. The normalized spacial score (nSPS) is 15.6. The smallest absolute Gasteiger partial charge is 0.263 e. The predicted molar refractivity (Wildman–Crippen MR) is 104 cm³/mol. The van der Waals surface area contributed by atoms with E-state index in [0.717, 1.165) is 5.56 Å². The Labute approximate surface area is 163 Å². The molecule has 0 radical (unpaired) electrons. The summed E-state index contributed by atoms with van der Waals surface area (Å²) in [5.41, 5.74) is 1.31. The molecule has 0 atom stereocenters. The fraction of sp³-hybridized carbons (Fsp3) is 0.263. The standard InChI is InChI=1S/C19H21N3O5S/c1-26-14-7-8-16(27-2)13(11-14)12-21-18(23)9-10-20-19-15-5-3-4-6-17(15)28(24,25)22-19/h3-8,11H,9-10,12H2,1-2H3,(H,20,22)(H,21,23). The van der Waals surface area contributed by atoms with E-state index in [-0.39, 0.29) is 36.1 Å². The number of amidine groups is 1. The lowest BCUT2D eigenvalue weighted by Gasteiger charge is -2.11. The van der Waals surface area contributed by atoms with Gasteiger partial charge in [-0.05, 0) is 30.3 Å². The van der Waals surface area contributed by atoms with Crippen molar-refractivity contribution in [2.45, 2.75) is 17.9 Å². The quantitative estimate of drug-likeness (QED) is 0.728. The average Bonchev–Trinajstić information content (AvgIpc) is 2.96. The average molecular weight is 403 g/mol. The van der Waals surface area contributed by atoms with Crippen molar-refractivity contribution in [3.8, 4) is 11.5 Å². The number of hydrogen-bond donors (Lipinski definition) is 2. The zero-order chi connectivity index (χ0) is 20.1. The minimum absolute atomic E-state index is 0.125. The largest absolute Gasteiger partial charge is 0.497 e. The van der Waals surface area contributed by atoms with Gasteiger partial charge >= 0.3 is 0 Å². The van der Waals surface area contributed by atoms with Crippen molar-refractivity contribution in [2.75, 3.05) is 20.8 Å². The molecule has 0 saturated heterocycles. The molecule has 2 N–H and O–H groups in total. The Morgan fingerprint density at radius 2 is 1.93 bits per heavy atom. The Morgan fingerprint density at radius 1 is 1.14 bits per heavy atom. The molecule has 0 aliphatic carbocycles. The van der Waals surface area contributed by atoms with Crippen LogP contribution in [0.3, 0.4) is 0 Å². The van der Waals surface area contributed by atoms with E-state index in [1.165, 1.54) is 6.07 Å². The van der Waals surface area contributed by atoms with Gasteiger partial charge in [0.05, 0.1) is 25.7 Å². The molecule has 1 aliphatic heterocycles. The topological polar surface area (TPSA) is 106 Å². The summed E-state index contributed by atoms with van der Waals surface area (Å²) in [6.07, 6.45) is 0.125. The molecule has 28 heavy (non-hydrogen) atoms. The monoisotopic (exact) mass is 403 g/mol. The third-order valence-corrected chi connectivity index (χ3v) is 5.63. The Balaban J connectivity index is 1.58. The SMILES string of the molecule is COc1ccc(OC)c(CNC(=O)CCN=C2NS(=O)(=O)c3ccccc32)c1. The Kier molecular flexibility index (Phi) is 5.84. The van der Waals surface area contributed by atoms with Gasteiger partial charge in [0.25, 0.3) is 10.0 Å². The maximum Gasteiger partial charge on any atom is 0.263 e. The zero-order valence-corrected chi connectivity index (χ0v) is 16.4. The number of sulfonamides is 1. The van der Waals surface area contributed by atoms with Crippen LogP contribution in [-0.4, -0.2) is 40.9 Å². The fourth-order valence-electron chi connectivity index (χ4n) is 2.82. The summed E-state index contributed by atoms with van der Waals surface area (Å²) >= 11 is 0. The van der Waals surface area contributed by atoms with Crippen LogP contribution in [0, 0.1) is 0 Å². The lowest BCUT2D eigenvalue weighted by Crippen LogP contribution is -2.25. The summed E-state index contributed by atoms with van der Waals surface area (Å²) in [6, 6.07) is 11.9. The minimum atomic E-state index is -3.57. The molecule has 0 bridgehead atoms. The first kappa shape index (κ1) is 19.7. The fourth-order valence-corrected chi connectivity index (χ4v) is 4.07. The molecule has 1 aliphatic rings. The number of carbonyl (C=O) groups excluding carboxylic acids is 1. The molecule has 148 valence electrons. The van der Waals surface area contributed by atoms with Gasteiger partial charge in [0, 0.05) is 24.1 Å². The van der Waals surface area contributed by atoms with Gasteiger partial charge in [0.2, 0.25) is 5.91 Å². The number of benzene rings is 2. The molecule has 2 aromatic rings. The maximum atomic E-state index is 12.1. The van der Waals surface area contributed by atoms with E-state index in [9.17, 15) is 13.2 Å². The summed E-state index contributed by atoms with van der Waals surface area (Å²) in [5, 5.41) is 2.80. The van der Waals surface area contributed by atoms with Gasteiger partial charge in [-0.25, -0.2) is 8.42 Å². The van der Waals surface area contributed by atoms with Crippen LogP contribution in [0.4, 0.5) is 0 Å². The molecule has 8 nitrogen and oxygen atoms in total. The predicted octanol–water partition coefficient (Wildman–Crippen LogP) is 1.45. The van der Waals surface area contributed by atoms with Crippen LogP contribution in [0.1, 0.15) is 17.5 Å². The maximum absolute atomic E-state index is 12.1. The number of methoxy groups -OCH3 is 2. The Morgan fingerprint density at radius 3 is 2.68 bits per heavy atom. The van der Waals surface area contributed by atoms with E-state index in [1.54, 1.807) is 50.6 Å². The number of amides is 1. The van der Waals surface area contributed by atoms with E-state index in [0.29, 0.717) is 17.1 Å².